The summed E-state index contributed by atoms with van der Waals surface area (Å²) in [6.45, 7) is 4.38. The van der Waals surface area contributed by atoms with Crippen molar-refractivity contribution in [1.29, 1.82) is 0 Å². The van der Waals surface area contributed by atoms with Crippen molar-refractivity contribution < 1.29 is 37.3 Å². The number of carboxylic acids is 1. The number of anilines is 1. The lowest BCUT2D eigenvalue weighted by molar-refractivity contribution is -0.192. The topological polar surface area (TPSA) is 100 Å². The van der Waals surface area contributed by atoms with Crippen LogP contribution in [0.3, 0.4) is 0 Å². The molecule has 1 aliphatic carbocycles. The van der Waals surface area contributed by atoms with Gasteiger partial charge in [0.2, 0.25) is 0 Å². The Morgan fingerprint density at radius 1 is 1.12 bits per heavy atom. The van der Waals surface area contributed by atoms with Crippen molar-refractivity contribution in [2.24, 2.45) is 0 Å². The van der Waals surface area contributed by atoms with Gasteiger partial charge in [0.15, 0.2) is 11.5 Å². The summed E-state index contributed by atoms with van der Waals surface area (Å²) < 4.78 is 42.8. The summed E-state index contributed by atoms with van der Waals surface area (Å²) in [5.41, 5.74) is 2.07. The van der Waals surface area contributed by atoms with Gasteiger partial charge in [-0.15, -0.1) is 0 Å². The second-order valence-electron chi connectivity index (χ2n) is 9.91. The Morgan fingerprint density at radius 2 is 1.82 bits per heavy atom. The number of nitrogens with one attached hydrogen (secondary N) is 2. The average Bonchev–Trinajstić information content (AvgIpc) is 3.27. The molecule has 2 aromatic rings. The van der Waals surface area contributed by atoms with Gasteiger partial charge in [-0.05, 0) is 81.1 Å². The Bertz CT molecular complexity index is 1180. The maximum Gasteiger partial charge on any atom is 0.490 e. The van der Waals surface area contributed by atoms with Crippen LogP contribution in [-0.2, 0) is 10.2 Å². The Labute approximate surface area is 236 Å². The first-order valence-corrected chi connectivity index (χ1v) is 13.4. The molecule has 2 fully saturated rings. The maximum atomic E-state index is 12.7. The minimum absolute atomic E-state index is 0.0658. The fraction of sp³-hybridized carbons (Fsp3) is 0.500. The average molecular weight is 586 g/mol. The number of ether oxygens (including phenoxy) is 2. The van der Waals surface area contributed by atoms with Crippen LogP contribution in [0.5, 0.6) is 11.5 Å². The molecule has 1 aliphatic heterocycles. The summed E-state index contributed by atoms with van der Waals surface area (Å²) in [5, 5.41) is 13.9. The quantitative estimate of drug-likeness (QED) is 0.364. The number of halogens is 4. The third-order valence-corrected chi connectivity index (χ3v) is 7.74. The third-order valence-electron chi connectivity index (χ3n) is 7.50. The van der Waals surface area contributed by atoms with E-state index in [-0.39, 0.29) is 17.5 Å². The van der Waals surface area contributed by atoms with Crippen molar-refractivity contribution in [2.75, 3.05) is 32.6 Å². The van der Waals surface area contributed by atoms with Crippen LogP contribution >= 0.6 is 11.6 Å². The minimum Gasteiger partial charge on any atom is -0.493 e. The molecule has 1 heterocycles. The van der Waals surface area contributed by atoms with Gasteiger partial charge < -0.3 is 25.2 Å². The van der Waals surface area contributed by atoms with Crippen LogP contribution in [0.4, 0.5) is 23.7 Å². The predicted molar refractivity (Wildman–Crippen MR) is 146 cm³/mol. The van der Waals surface area contributed by atoms with Crippen LogP contribution < -0.4 is 20.1 Å². The summed E-state index contributed by atoms with van der Waals surface area (Å²) in [7, 11) is 3.36. The molecule has 220 valence electrons. The van der Waals surface area contributed by atoms with Crippen molar-refractivity contribution in [2.45, 2.75) is 62.7 Å². The zero-order chi connectivity index (χ0) is 29.5. The summed E-state index contributed by atoms with van der Waals surface area (Å²) in [5.74, 6) is -1.23. The number of likely N-dealkylation sites (tertiary alicyclic amines) is 1. The van der Waals surface area contributed by atoms with E-state index in [1.54, 1.807) is 26.4 Å². The molecule has 4 rings (SSSR count). The second kappa shape index (κ2) is 13.5. The number of urea groups is 1. The number of carboxylic acid groups (broad SMARTS) is 1. The molecule has 8 nitrogen and oxygen atoms in total. The van der Waals surface area contributed by atoms with Gasteiger partial charge in [-0.2, -0.15) is 13.2 Å². The molecule has 12 heteroatoms. The molecular weight excluding hydrogens is 551 g/mol. The summed E-state index contributed by atoms with van der Waals surface area (Å²) in [6, 6.07) is 13.9. The molecule has 1 saturated carbocycles. The van der Waals surface area contributed by atoms with E-state index < -0.39 is 12.1 Å². The lowest BCUT2D eigenvalue weighted by Crippen LogP contribution is -2.53. The van der Waals surface area contributed by atoms with E-state index in [2.05, 4.69) is 34.6 Å². The standard InChI is InChI=1S/C26H34ClN3O3.C2HF3O2/c1-4-13-30-14-12-26(18-8-9-22(32-2)23(15-18)33-3)11-10-21(17-24(26)30)29-25(31)28-20-7-5-6-19(27)16-20;3-2(4,5)1(6)7/h5-9,15-16,21,24H,4,10-14,17H2,1-3H3,(H2,28,29,31);(H,6,7)/t21-,24+,26+;/m1./s1. The Balaban J connectivity index is 0.000000559. The summed E-state index contributed by atoms with van der Waals surface area (Å²) in [4.78, 5) is 24.2. The third kappa shape index (κ3) is 7.51. The van der Waals surface area contributed by atoms with Crippen molar-refractivity contribution >= 4 is 29.3 Å². The molecule has 1 saturated heterocycles. The zero-order valence-corrected chi connectivity index (χ0v) is 23.4. The summed E-state index contributed by atoms with van der Waals surface area (Å²) in [6.07, 6.45) is 0.0427. The molecule has 0 aromatic heterocycles. The van der Waals surface area contributed by atoms with Gasteiger partial charge in [0, 0.05) is 28.2 Å². The molecule has 0 unspecified atom stereocenters. The Morgan fingerprint density at radius 3 is 2.42 bits per heavy atom. The van der Waals surface area contributed by atoms with E-state index in [1.807, 2.05) is 18.2 Å². The number of aliphatic carboxylic acids is 1. The fourth-order valence-electron chi connectivity index (χ4n) is 5.73. The van der Waals surface area contributed by atoms with Crippen molar-refractivity contribution in [1.82, 2.24) is 10.2 Å². The Hall–Kier alpha value is -3.18. The number of carbonyl (C=O) groups excluding carboxylic acids is 1. The molecule has 2 aliphatic rings. The first-order valence-electron chi connectivity index (χ1n) is 13.0. The highest BCUT2D eigenvalue weighted by Crippen LogP contribution is 2.50. The maximum absolute atomic E-state index is 12.7. The van der Waals surface area contributed by atoms with Crippen LogP contribution in [-0.4, -0.2) is 67.6 Å². The number of methoxy groups -OCH3 is 2. The lowest BCUT2D eigenvalue weighted by atomic mass is 9.65. The molecular formula is C28H35ClF3N3O5. The van der Waals surface area contributed by atoms with Gasteiger partial charge in [0.05, 0.1) is 14.2 Å². The predicted octanol–water partition coefficient (Wildman–Crippen LogP) is 6.09. The normalized spacial score (nSPS) is 22.4. The van der Waals surface area contributed by atoms with Crippen LogP contribution in [0, 0.1) is 0 Å². The van der Waals surface area contributed by atoms with Gasteiger partial charge in [0.1, 0.15) is 0 Å². The molecule has 2 amide bonds. The molecule has 40 heavy (non-hydrogen) atoms. The Kier molecular flexibility index (Phi) is 10.5. The van der Waals surface area contributed by atoms with Crippen LogP contribution in [0.25, 0.3) is 0 Å². The number of nitrogens with zero attached hydrogens (tertiary/aromatic N) is 1. The molecule has 2 aromatic carbocycles. The number of amides is 2. The van der Waals surface area contributed by atoms with Crippen LogP contribution in [0.15, 0.2) is 42.5 Å². The number of carbonyl (C=O) groups is 2. The van der Waals surface area contributed by atoms with Gasteiger partial charge in [-0.1, -0.05) is 30.7 Å². The number of benzene rings is 2. The number of hydrogen-bond donors (Lipinski definition) is 3. The van der Waals surface area contributed by atoms with E-state index in [4.69, 9.17) is 31.0 Å². The monoisotopic (exact) mass is 585 g/mol. The molecule has 0 bridgehead atoms. The van der Waals surface area contributed by atoms with E-state index >= 15 is 0 Å². The molecule has 0 spiro atoms. The van der Waals surface area contributed by atoms with Crippen molar-refractivity contribution in [3.05, 3.63) is 53.1 Å². The number of fused-ring (bicyclic) bond motifs is 1. The lowest BCUT2D eigenvalue weighted by Gasteiger charge is -2.45. The number of alkyl halides is 3. The van der Waals surface area contributed by atoms with E-state index in [9.17, 15) is 18.0 Å². The number of hydrogen-bond acceptors (Lipinski definition) is 5. The van der Waals surface area contributed by atoms with E-state index in [1.165, 1.54) is 5.56 Å². The number of rotatable bonds is 7. The van der Waals surface area contributed by atoms with E-state index in [0.29, 0.717) is 16.8 Å². The highest BCUT2D eigenvalue weighted by atomic mass is 35.5. The van der Waals surface area contributed by atoms with Crippen LogP contribution in [0.1, 0.15) is 44.6 Å². The summed E-state index contributed by atoms with van der Waals surface area (Å²) >= 11 is 6.05. The van der Waals surface area contributed by atoms with E-state index in [0.717, 1.165) is 56.7 Å². The zero-order valence-electron chi connectivity index (χ0n) is 22.7. The van der Waals surface area contributed by atoms with Crippen LogP contribution in [0.2, 0.25) is 5.02 Å². The van der Waals surface area contributed by atoms with Gasteiger partial charge >= 0.3 is 18.2 Å². The fourth-order valence-corrected chi connectivity index (χ4v) is 5.92. The SMILES string of the molecule is CCCN1CC[C@]2(c3ccc(OC)c(OC)c3)CC[C@@H](NC(=O)Nc3cccc(Cl)c3)C[C@H]12.O=C(O)C(F)(F)F. The smallest absolute Gasteiger partial charge is 0.490 e. The van der Waals surface area contributed by atoms with Gasteiger partial charge in [-0.3, -0.25) is 4.90 Å². The first kappa shape index (κ1) is 31.3. The molecule has 0 radical (unpaired) electrons. The second-order valence-corrected chi connectivity index (χ2v) is 10.3. The molecule has 3 N–H and O–H groups in total. The van der Waals surface area contributed by atoms with Crippen molar-refractivity contribution in [3.63, 3.8) is 0 Å². The highest BCUT2D eigenvalue weighted by molar-refractivity contribution is 6.30. The molecule has 3 atom stereocenters. The van der Waals surface area contributed by atoms with Crippen molar-refractivity contribution in [3.8, 4) is 11.5 Å². The minimum atomic E-state index is -5.08. The largest absolute Gasteiger partial charge is 0.493 e. The first-order chi connectivity index (χ1) is 18.9. The van der Waals surface area contributed by atoms with Gasteiger partial charge in [-0.25, -0.2) is 9.59 Å². The van der Waals surface area contributed by atoms with Gasteiger partial charge in [0.25, 0.3) is 0 Å². The highest BCUT2D eigenvalue weighted by Gasteiger charge is 2.51.